The van der Waals surface area contributed by atoms with Crippen molar-refractivity contribution in [3.05, 3.63) is 35.5 Å². The van der Waals surface area contributed by atoms with Crippen LogP contribution in [0.25, 0.3) is 10.9 Å². The average molecular weight is 283 g/mol. The highest BCUT2D eigenvalue weighted by Gasteiger charge is 2.27. The lowest BCUT2D eigenvalue weighted by molar-refractivity contribution is 0.138. The number of amides is 1. The molecule has 1 aliphatic heterocycles. The number of nitriles is 1. The molecule has 1 aromatic heterocycles. The average Bonchev–Trinajstić information content (AvgIpc) is 3.10. The zero-order valence-electron chi connectivity index (χ0n) is 11.7. The summed E-state index contributed by atoms with van der Waals surface area (Å²) >= 11 is 0. The monoisotopic (exact) mass is 283 g/mol. The summed E-state index contributed by atoms with van der Waals surface area (Å²) in [4.78, 5) is 16.0. The third-order valence-electron chi connectivity index (χ3n) is 4.18. The lowest BCUT2D eigenvalue weighted by atomic mass is 10.1. The molecule has 5 heteroatoms. The van der Waals surface area contributed by atoms with Crippen LogP contribution >= 0.6 is 0 Å². The van der Waals surface area contributed by atoms with Crippen molar-refractivity contribution in [2.75, 3.05) is 6.54 Å². The lowest BCUT2D eigenvalue weighted by Gasteiger charge is -2.20. The van der Waals surface area contributed by atoms with Crippen molar-refractivity contribution in [2.24, 2.45) is 0 Å². The van der Waals surface area contributed by atoms with Gasteiger partial charge in [-0.05, 0) is 49.3 Å². The summed E-state index contributed by atoms with van der Waals surface area (Å²) in [5, 5.41) is 19.1. The van der Waals surface area contributed by atoms with E-state index in [2.05, 4.69) is 17.1 Å². The summed E-state index contributed by atoms with van der Waals surface area (Å²) in [6, 6.07) is 9.93. The molecule has 3 rings (SSSR count). The molecule has 5 nitrogen and oxygen atoms in total. The normalized spacial score (nSPS) is 18.0. The first-order chi connectivity index (χ1) is 10.2. The molecule has 0 radical (unpaired) electrons. The van der Waals surface area contributed by atoms with Crippen LogP contribution in [-0.2, 0) is 6.42 Å². The van der Waals surface area contributed by atoms with Gasteiger partial charge in [-0.15, -0.1) is 0 Å². The maximum Gasteiger partial charge on any atom is 0.407 e. The number of nitrogens with one attached hydrogen (secondary N) is 1. The van der Waals surface area contributed by atoms with E-state index in [9.17, 15) is 4.79 Å². The van der Waals surface area contributed by atoms with Crippen molar-refractivity contribution in [2.45, 2.75) is 31.7 Å². The Morgan fingerprint density at radius 1 is 1.48 bits per heavy atom. The molecule has 0 bridgehead atoms. The molecule has 1 saturated heterocycles. The van der Waals surface area contributed by atoms with E-state index in [4.69, 9.17) is 10.4 Å². The maximum atomic E-state index is 11.1. The van der Waals surface area contributed by atoms with Crippen molar-refractivity contribution in [1.29, 1.82) is 5.26 Å². The predicted octanol–water partition coefficient (Wildman–Crippen LogP) is 3.11. The van der Waals surface area contributed by atoms with Gasteiger partial charge in [0.15, 0.2) is 0 Å². The molecular weight excluding hydrogens is 266 g/mol. The Bertz CT molecular complexity index is 714. The molecule has 1 atom stereocenters. The van der Waals surface area contributed by atoms with Crippen molar-refractivity contribution in [3.8, 4) is 6.07 Å². The lowest BCUT2D eigenvalue weighted by Crippen LogP contribution is -2.34. The minimum Gasteiger partial charge on any atom is -0.465 e. The second-order valence-electron chi connectivity index (χ2n) is 5.52. The Morgan fingerprint density at radius 2 is 2.33 bits per heavy atom. The summed E-state index contributed by atoms with van der Waals surface area (Å²) in [6.45, 7) is 0.651. The molecule has 1 fully saturated rings. The number of rotatable bonds is 3. The molecule has 108 valence electrons. The van der Waals surface area contributed by atoms with Gasteiger partial charge in [0, 0.05) is 23.8 Å². The van der Waals surface area contributed by atoms with E-state index in [1.54, 1.807) is 4.90 Å². The van der Waals surface area contributed by atoms with E-state index in [0.717, 1.165) is 42.3 Å². The van der Waals surface area contributed by atoms with Crippen LogP contribution in [0.4, 0.5) is 4.79 Å². The molecule has 1 aromatic carbocycles. The van der Waals surface area contributed by atoms with Gasteiger partial charge in [0.2, 0.25) is 0 Å². The molecular formula is C16H17N3O2. The molecule has 1 aliphatic rings. The smallest absolute Gasteiger partial charge is 0.407 e. The van der Waals surface area contributed by atoms with Crippen molar-refractivity contribution in [1.82, 2.24) is 9.88 Å². The Labute approximate surface area is 122 Å². The number of carboxylic acid groups (broad SMARTS) is 1. The first-order valence-corrected chi connectivity index (χ1v) is 7.18. The number of carbonyl (C=O) groups is 1. The van der Waals surface area contributed by atoms with Crippen LogP contribution in [0.1, 0.15) is 30.5 Å². The fraction of sp³-hybridized carbons (Fsp3) is 0.375. The second-order valence-corrected chi connectivity index (χ2v) is 5.52. The number of hydrogen-bond donors (Lipinski definition) is 2. The van der Waals surface area contributed by atoms with E-state index >= 15 is 0 Å². The van der Waals surface area contributed by atoms with Crippen LogP contribution in [0, 0.1) is 11.3 Å². The molecule has 1 amide bonds. The number of nitrogens with zero attached hydrogens (tertiary/aromatic N) is 2. The molecule has 21 heavy (non-hydrogen) atoms. The minimum absolute atomic E-state index is 0.128. The van der Waals surface area contributed by atoms with Gasteiger partial charge >= 0.3 is 6.09 Å². The van der Waals surface area contributed by atoms with E-state index < -0.39 is 6.09 Å². The van der Waals surface area contributed by atoms with Crippen LogP contribution in [0.5, 0.6) is 0 Å². The number of aromatic amines is 1. The second kappa shape index (κ2) is 5.49. The Hall–Kier alpha value is -2.48. The van der Waals surface area contributed by atoms with E-state index in [0.29, 0.717) is 12.1 Å². The van der Waals surface area contributed by atoms with Crippen LogP contribution in [0.15, 0.2) is 24.3 Å². The van der Waals surface area contributed by atoms with Gasteiger partial charge in [-0.2, -0.15) is 5.26 Å². The maximum absolute atomic E-state index is 11.1. The standard InChI is InChI=1S/C16H17N3O2/c17-10-11-3-4-12-9-13(18-15(12)8-11)5-6-14-2-1-7-19(14)16(20)21/h3-4,8-9,14,18H,1-2,5-7H2,(H,20,21)/t14-/m0/s1. The fourth-order valence-electron chi connectivity index (χ4n) is 3.10. The first-order valence-electron chi connectivity index (χ1n) is 7.18. The third kappa shape index (κ3) is 2.70. The summed E-state index contributed by atoms with van der Waals surface area (Å²) in [7, 11) is 0. The van der Waals surface area contributed by atoms with Gasteiger partial charge in [-0.1, -0.05) is 6.07 Å². The highest BCUT2D eigenvalue weighted by atomic mass is 16.4. The van der Waals surface area contributed by atoms with Crippen LogP contribution in [0.2, 0.25) is 0 Å². The van der Waals surface area contributed by atoms with Gasteiger partial charge in [0.05, 0.1) is 11.6 Å². The van der Waals surface area contributed by atoms with E-state index in [1.165, 1.54) is 0 Å². The summed E-state index contributed by atoms with van der Waals surface area (Å²) in [6.07, 6.45) is 2.75. The number of likely N-dealkylation sites (tertiary alicyclic amines) is 1. The predicted molar refractivity (Wildman–Crippen MR) is 79.1 cm³/mol. The third-order valence-corrected chi connectivity index (χ3v) is 4.18. The van der Waals surface area contributed by atoms with Crippen LogP contribution < -0.4 is 0 Å². The fourth-order valence-corrected chi connectivity index (χ4v) is 3.10. The molecule has 2 heterocycles. The SMILES string of the molecule is N#Cc1ccc2cc(CC[C@@H]3CCCN3C(=O)O)[nH]c2c1. The Balaban J connectivity index is 1.71. The number of hydrogen-bond acceptors (Lipinski definition) is 2. The number of aromatic nitrogens is 1. The van der Waals surface area contributed by atoms with Gasteiger partial charge in [-0.25, -0.2) is 4.79 Å². The quantitative estimate of drug-likeness (QED) is 0.908. The molecule has 2 N–H and O–H groups in total. The number of fused-ring (bicyclic) bond motifs is 1. The molecule has 0 saturated carbocycles. The van der Waals surface area contributed by atoms with Crippen LogP contribution in [-0.4, -0.2) is 33.7 Å². The topological polar surface area (TPSA) is 80.1 Å². The van der Waals surface area contributed by atoms with Crippen molar-refractivity contribution in [3.63, 3.8) is 0 Å². The Kier molecular flexibility index (Phi) is 3.53. The zero-order valence-corrected chi connectivity index (χ0v) is 11.7. The number of H-pyrrole nitrogens is 1. The minimum atomic E-state index is -0.812. The van der Waals surface area contributed by atoms with Gasteiger partial charge in [0.1, 0.15) is 0 Å². The first kappa shape index (κ1) is 13.5. The summed E-state index contributed by atoms with van der Waals surface area (Å²) in [5.41, 5.74) is 2.70. The largest absolute Gasteiger partial charge is 0.465 e. The van der Waals surface area contributed by atoms with E-state index in [1.807, 2.05) is 18.2 Å². The highest BCUT2D eigenvalue weighted by Crippen LogP contribution is 2.23. The zero-order chi connectivity index (χ0) is 14.8. The van der Waals surface area contributed by atoms with Gasteiger partial charge < -0.3 is 15.0 Å². The molecule has 2 aromatic rings. The van der Waals surface area contributed by atoms with E-state index in [-0.39, 0.29) is 6.04 Å². The highest BCUT2D eigenvalue weighted by molar-refractivity contribution is 5.81. The van der Waals surface area contributed by atoms with Crippen LogP contribution in [0.3, 0.4) is 0 Å². The number of aryl methyl sites for hydroxylation is 1. The molecule has 0 aliphatic carbocycles. The number of benzene rings is 1. The van der Waals surface area contributed by atoms with Crippen molar-refractivity contribution >= 4 is 17.0 Å². The summed E-state index contributed by atoms with van der Waals surface area (Å²) in [5.74, 6) is 0. The Morgan fingerprint density at radius 3 is 3.10 bits per heavy atom. The van der Waals surface area contributed by atoms with Gasteiger partial charge in [0.25, 0.3) is 0 Å². The van der Waals surface area contributed by atoms with Crippen molar-refractivity contribution < 1.29 is 9.90 Å². The van der Waals surface area contributed by atoms with Gasteiger partial charge in [-0.3, -0.25) is 0 Å². The summed E-state index contributed by atoms with van der Waals surface area (Å²) < 4.78 is 0. The molecule has 0 spiro atoms. The molecule has 0 unspecified atom stereocenters.